The summed E-state index contributed by atoms with van der Waals surface area (Å²) in [5.41, 5.74) is 0.594. The van der Waals surface area contributed by atoms with E-state index in [4.69, 9.17) is 0 Å². The van der Waals surface area contributed by atoms with Crippen LogP contribution in [0.15, 0.2) is 113 Å². The number of hydrogen-bond acceptors (Lipinski definition) is 2. The van der Waals surface area contributed by atoms with Gasteiger partial charge in [-0.1, -0.05) is 91.0 Å². The van der Waals surface area contributed by atoms with Gasteiger partial charge in [0.25, 0.3) is 0 Å². The summed E-state index contributed by atoms with van der Waals surface area (Å²) in [6.45, 7) is 0. The van der Waals surface area contributed by atoms with Gasteiger partial charge in [-0.2, -0.15) is 0 Å². The Hall–Kier alpha value is -3.86. The van der Waals surface area contributed by atoms with Gasteiger partial charge in [-0.3, -0.25) is 0 Å². The molecule has 2 aliphatic heterocycles. The lowest BCUT2D eigenvalue weighted by Gasteiger charge is -2.50. The predicted octanol–water partition coefficient (Wildman–Crippen LogP) is 3.65. The molecule has 0 radical (unpaired) electrons. The van der Waals surface area contributed by atoms with Gasteiger partial charge in [0.2, 0.25) is 0 Å². The number of rotatable bonds is 3. The number of fused-ring (bicyclic) bond motifs is 1. The van der Waals surface area contributed by atoms with Gasteiger partial charge in [0.15, 0.2) is 0 Å². The van der Waals surface area contributed by atoms with E-state index in [9.17, 15) is 9.59 Å². The summed E-state index contributed by atoms with van der Waals surface area (Å²) in [4.78, 5) is 27.7. The van der Waals surface area contributed by atoms with Crippen LogP contribution in [0.4, 0.5) is 0 Å². The molecule has 31 heavy (non-hydrogen) atoms. The van der Waals surface area contributed by atoms with Crippen LogP contribution in [0.2, 0.25) is 0 Å². The molecule has 0 saturated carbocycles. The van der Waals surface area contributed by atoms with E-state index in [0.29, 0.717) is 5.69 Å². The highest BCUT2D eigenvalue weighted by Gasteiger charge is 2.53. The predicted molar refractivity (Wildman–Crippen MR) is 120 cm³/mol. The van der Waals surface area contributed by atoms with Crippen LogP contribution in [0, 0.1) is 0 Å². The summed E-state index contributed by atoms with van der Waals surface area (Å²) in [5.74, 6) is 0. The molecule has 0 N–H and O–H groups in total. The molecule has 0 fully saturated rings. The molecule has 4 aromatic rings. The fraction of sp³-hybridized carbons (Fsp3) is 0.154. The second-order valence-corrected chi connectivity index (χ2v) is 8.27. The van der Waals surface area contributed by atoms with Crippen LogP contribution in [0.25, 0.3) is 5.69 Å². The topological polar surface area (TPSA) is 48.9 Å². The molecule has 3 aromatic carbocycles. The number of nitrogens with zero attached hydrogens (tertiary/aromatic N) is 3. The van der Waals surface area contributed by atoms with Crippen LogP contribution < -0.4 is 11.4 Å². The molecular formula is C26H21N3O2. The zero-order chi connectivity index (χ0) is 21.1. The maximum Gasteiger partial charge on any atom is 0.353 e. The number of para-hydroxylation sites is 1. The summed E-state index contributed by atoms with van der Waals surface area (Å²) in [5, 5.41) is 0. The van der Waals surface area contributed by atoms with Gasteiger partial charge in [-0.15, -0.1) is 0 Å². The standard InChI is InChI=1S/C26H21N3O2/c30-23-27(22-14-8-3-9-15-22)24(31)29-26(21-12-6-2-7-13-21)18-16-25(17-19-26,28(23)29)20-10-4-1-5-11-20/h1-16,18H,17,19H2. The number of allylic oxidation sites excluding steroid dienone is 2. The van der Waals surface area contributed by atoms with E-state index in [-0.39, 0.29) is 11.4 Å². The average Bonchev–Trinajstić information content (AvgIpc) is 3.14. The molecule has 152 valence electrons. The normalized spacial score (nSPS) is 23.6. The van der Waals surface area contributed by atoms with Crippen molar-refractivity contribution in [2.75, 3.05) is 0 Å². The third-order valence-corrected chi connectivity index (χ3v) is 6.78. The molecule has 5 nitrogen and oxygen atoms in total. The Kier molecular flexibility index (Phi) is 3.66. The van der Waals surface area contributed by atoms with Crippen molar-refractivity contribution in [3.8, 4) is 5.69 Å². The largest absolute Gasteiger partial charge is 0.353 e. The highest BCUT2D eigenvalue weighted by Crippen LogP contribution is 2.48. The maximum atomic E-state index is 13.8. The van der Waals surface area contributed by atoms with Crippen LogP contribution in [0.3, 0.4) is 0 Å². The zero-order valence-corrected chi connectivity index (χ0v) is 16.9. The van der Waals surface area contributed by atoms with Crippen molar-refractivity contribution in [1.29, 1.82) is 0 Å². The third-order valence-electron chi connectivity index (χ3n) is 6.78. The van der Waals surface area contributed by atoms with E-state index in [2.05, 4.69) is 12.2 Å². The molecule has 3 aliphatic rings. The van der Waals surface area contributed by atoms with Crippen LogP contribution in [0.1, 0.15) is 24.0 Å². The van der Waals surface area contributed by atoms with E-state index in [1.165, 1.54) is 4.57 Å². The van der Waals surface area contributed by atoms with Crippen molar-refractivity contribution < 1.29 is 0 Å². The van der Waals surface area contributed by atoms with Gasteiger partial charge in [0.1, 0.15) is 11.1 Å². The first kappa shape index (κ1) is 18.0. The van der Waals surface area contributed by atoms with Crippen molar-refractivity contribution in [2.24, 2.45) is 0 Å². The Balaban J connectivity index is 1.74. The number of benzene rings is 3. The smallest absolute Gasteiger partial charge is 0.245 e. The quantitative estimate of drug-likeness (QED) is 0.487. The van der Waals surface area contributed by atoms with E-state index < -0.39 is 11.1 Å². The van der Waals surface area contributed by atoms with Crippen LogP contribution in [-0.4, -0.2) is 13.9 Å². The molecule has 2 unspecified atom stereocenters. The minimum atomic E-state index is -0.686. The zero-order valence-electron chi connectivity index (χ0n) is 16.9. The van der Waals surface area contributed by atoms with Crippen molar-refractivity contribution in [2.45, 2.75) is 23.9 Å². The van der Waals surface area contributed by atoms with E-state index in [0.717, 1.165) is 24.0 Å². The van der Waals surface area contributed by atoms with Gasteiger partial charge in [0.05, 0.1) is 5.69 Å². The van der Waals surface area contributed by atoms with E-state index in [1.54, 1.807) is 21.5 Å². The maximum absolute atomic E-state index is 13.8. The first-order valence-corrected chi connectivity index (χ1v) is 10.5. The summed E-state index contributed by atoms with van der Waals surface area (Å²) >= 11 is 0. The van der Waals surface area contributed by atoms with Gasteiger partial charge in [-0.25, -0.2) is 23.5 Å². The van der Waals surface area contributed by atoms with E-state index >= 15 is 0 Å². The second kappa shape index (κ2) is 6.32. The third kappa shape index (κ3) is 2.26. The second-order valence-electron chi connectivity index (χ2n) is 8.27. The van der Waals surface area contributed by atoms with Crippen LogP contribution in [0.5, 0.6) is 0 Å². The van der Waals surface area contributed by atoms with Crippen LogP contribution in [-0.2, 0) is 11.1 Å². The lowest BCUT2D eigenvalue weighted by atomic mass is 9.70. The number of aromatic nitrogens is 3. The SMILES string of the molecule is O=c1n(-c2ccccc2)c(=O)n2n1C1(c3ccccc3)C=CC2(c2ccccc2)CC1. The monoisotopic (exact) mass is 407 g/mol. The minimum Gasteiger partial charge on any atom is -0.245 e. The minimum absolute atomic E-state index is 0.315. The molecule has 2 bridgehead atoms. The Bertz CT molecular complexity index is 1330. The van der Waals surface area contributed by atoms with Crippen molar-refractivity contribution in [1.82, 2.24) is 13.9 Å². The molecular weight excluding hydrogens is 386 g/mol. The molecule has 1 aliphatic carbocycles. The molecule has 3 heterocycles. The summed E-state index contributed by atoms with van der Waals surface area (Å²) in [7, 11) is 0. The number of hydrogen-bond donors (Lipinski definition) is 0. The average molecular weight is 407 g/mol. The first-order chi connectivity index (χ1) is 15.2. The summed E-state index contributed by atoms with van der Waals surface area (Å²) < 4.78 is 4.68. The van der Waals surface area contributed by atoms with Crippen LogP contribution >= 0.6 is 0 Å². The van der Waals surface area contributed by atoms with Crippen molar-refractivity contribution in [3.63, 3.8) is 0 Å². The van der Waals surface area contributed by atoms with Crippen molar-refractivity contribution in [3.05, 3.63) is 135 Å². The molecule has 0 spiro atoms. The summed E-state index contributed by atoms with van der Waals surface area (Å²) in [6.07, 6.45) is 5.71. The highest BCUT2D eigenvalue weighted by molar-refractivity contribution is 5.43. The fourth-order valence-electron chi connectivity index (χ4n) is 5.29. The van der Waals surface area contributed by atoms with Gasteiger partial charge < -0.3 is 0 Å². The first-order valence-electron chi connectivity index (χ1n) is 10.5. The molecule has 1 aromatic heterocycles. The Morgan fingerprint density at radius 3 is 1.32 bits per heavy atom. The lowest BCUT2D eigenvalue weighted by molar-refractivity contribution is 0.140. The van der Waals surface area contributed by atoms with E-state index in [1.807, 2.05) is 78.9 Å². The van der Waals surface area contributed by atoms with Crippen molar-refractivity contribution >= 4 is 0 Å². The lowest BCUT2D eigenvalue weighted by Crippen LogP contribution is -2.59. The Labute approximate surface area is 179 Å². The molecule has 2 atom stereocenters. The highest BCUT2D eigenvalue weighted by atomic mass is 16.2. The summed E-state index contributed by atoms with van der Waals surface area (Å²) in [6, 6.07) is 29.2. The Morgan fingerprint density at radius 2 is 0.935 bits per heavy atom. The molecule has 0 amide bonds. The fourth-order valence-corrected chi connectivity index (χ4v) is 5.29. The molecule has 5 heteroatoms. The Morgan fingerprint density at radius 1 is 0.548 bits per heavy atom. The molecule has 0 saturated heterocycles. The van der Waals surface area contributed by atoms with Gasteiger partial charge in [0, 0.05) is 0 Å². The van der Waals surface area contributed by atoms with Gasteiger partial charge >= 0.3 is 11.4 Å². The van der Waals surface area contributed by atoms with Gasteiger partial charge in [-0.05, 0) is 36.1 Å². The molecule has 7 rings (SSSR count).